The summed E-state index contributed by atoms with van der Waals surface area (Å²) in [6.07, 6.45) is 8.59. The molecule has 0 N–H and O–H groups in total. The number of allylic oxidation sites excluding steroid dienone is 1. The maximum Gasteiger partial charge on any atom is 0.133 e. The van der Waals surface area contributed by atoms with Gasteiger partial charge in [-0.1, -0.05) is 12.5 Å². The van der Waals surface area contributed by atoms with E-state index in [-0.39, 0.29) is 5.41 Å². The van der Waals surface area contributed by atoms with Crippen molar-refractivity contribution < 1.29 is 4.79 Å². The van der Waals surface area contributed by atoms with Crippen molar-refractivity contribution in [2.24, 2.45) is 11.3 Å². The van der Waals surface area contributed by atoms with Gasteiger partial charge in [-0.15, -0.1) is 6.58 Å². The number of ketones is 1. The van der Waals surface area contributed by atoms with Crippen LogP contribution in [0.2, 0.25) is 0 Å². The lowest BCUT2D eigenvalue weighted by molar-refractivity contribution is -0.123. The molecule has 0 radical (unpaired) electrons. The summed E-state index contributed by atoms with van der Waals surface area (Å²) in [4.78, 5) is 11.3. The molecule has 2 unspecified atom stereocenters. The Hall–Kier alpha value is -0.590. The average molecular weight is 164 g/mol. The largest absolute Gasteiger partial charge is 0.300 e. The molecule has 0 saturated heterocycles. The first-order valence-electron chi connectivity index (χ1n) is 4.92. The second-order valence-electron chi connectivity index (χ2n) is 4.28. The molecule has 0 aromatic heterocycles. The number of fused-ring (bicyclic) bond motifs is 1. The van der Waals surface area contributed by atoms with E-state index in [0.717, 1.165) is 25.2 Å². The van der Waals surface area contributed by atoms with Gasteiger partial charge in [-0.2, -0.15) is 0 Å². The van der Waals surface area contributed by atoms with Crippen LogP contribution in [0.5, 0.6) is 0 Å². The minimum absolute atomic E-state index is 0.218. The number of Topliss-reactive ketones (excluding diaryl/α,β-unsaturated/α-hetero) is 1. The molecule has 1 heteroatoms. The minimum Gasteiger partial charge on any atom is -0.300 e. The summed E-state index contributed by atoms with van der Waals surface area (Å²) in [7, 11) is 0. The van der Waals surface area contributed by atoms with Crippen molar-refractivity contribution in [1.29, 1.82) is 0 Å². The van der Waals surface area contributed by atoms with Crippen LogP contribution in [-0.4, -0.2) is 5.78 Å². The van der Waals surface area contributed by atoms with Gasteiger partial charge < -0.3 is 0 Å². The zero-order valence-electron chi connectivity index (χ0n) is 7.51. The van der Waals surface area contributed by atoms with Crippen molar-refractivity contribution in [2.75, 3.05) is 0 Å². The molecule has 2 atom stereocenters. The Balaban J connectivity index is 2.23. The molecule has 0 bridgehead atoms. The predicted molar refractivity (Wildman–Crippen MR) is 48.8 cm³/mol. The van der Waals surface area contributed by atoms with Gasteiger partial charge in [0.15, 0.2) is 0 Å². The monoisotopic (exact) mass is 164 g/mol. The van der Waals surface area contributed by atoms with Gasteiger partial charge in [-0.25, -0.2) is 0 Å². The first-order chi connectivity index (χ1) is 5.77. The second-order valence-corrected chi connectivity index (χ2v) is 4.28. The summed E-state index contributed by atoms with van der Waals surface area (Å²) in [5.41, 5.74) is 0.218. The molecule has 2 aliphatic carbocycles. The summed E-state index contributed by atoms with van der Waals surface area (Å²) in [5.74, 6) is 1.22. The van der Waals surface area contributed by atoms with E-state index in [0.29, 0.717) is 5.78 Å². The average Bonchev–Trinajstić information content (AvgIpc) is 2.47. The molecule has 0 spiro atoms. The summed E-state index contributed by atoms with van der Waals surface area (Å²) in [6, 6.07) is 0. The zero-order valence-corrected chi connectivity index (χ0v) is 7.51. The highest BCUT2D eigenvalue weighted by Crippen LogP contribution is 2.51. The molecular formula is C11H16O. The maximum atomic E-state index is 11.3. The van der Waals surface area contributed by atoms with Gasteiger partial charge >= 0.3 is 0 Å². The zero-order chi connectivity index (χ0) is 8.60. The molecule has 2 fully saturated rings. The van der Waals surface area contributed by atoms with Crippen molar-refractivity contribution >= 4 is 5.78 Å². The molecule has 66 valence electrons. The summed E-state index contributed by atoms with van der Waals surface area (Å²) >= 11 is 0. The van der Waals surface area contributed by atoms with E-state index in [4.69, 9.17) is 0 Å². The van der Waals surface area contributed by atoms with Gasteiger partial charge in [-0.3, -0.25) is 4.79 Å². The number of hydrogen-bond acceptors (Lipinski definition) is 1. The summed E-state index contributed by atoms with van der Waals surface area (Å²) in [5, 5.41) is 0. The third-order valence-corrected chi connectivity index (χ3v) is 3.71. The van der Waals surface area contributed by atoms with Crippen LogP contribution in [0.3, 0.4) is 0 Å². The minimum atomic E-state index is 0.218. The molecular weight excluding hydrogens is 148 g/mol. The Morgan fingerprint density at radius 2 is 2.33 bits per heavy atom. The fraction of sp³-hybridized carbons (Fsp3) is 0.727. The first kappa shape index (κ1) is 8.03. The molecule has 0 aliphatic heterocycles. The van der Waals surface area contributed by atoms with Crippen LogP contribution < -0.4 is 0 Å². The van der Waals surface area contributed by atoms with E-state index < -0.39 is 0 Å². The maximum absolute atomic E-state index is 11.3. The van der Waals surface area contributed by atoms with Gasteiger partial charge in [0.25, 0.3) is 0 Å². The quantitative estimate of drug-likeness (QED) is 0.544. The predicted octanol–water partition coefficient (Wildman–Crippen LogP) is 2.71. The molecule has 0 aromatic carbocycles. The summed E-state index contributed by atoms with van der Waals surface area (Å²) in [6.45, 7) is 3.90. The van der Waals surface area contributed by atoms with Crippen molar-refractivity contribution in [1.82, 2.24) is 0 Å². The van der Waals surface area contributed by atoms with Crippen LogP contribution >= 0.6 is 0 Å². The van der Waals surface area contributed by atoms with Crippen LogP contribution in [0.4, 0.5) is 0 Å². The van der Waals surface area contributed by atoms with E-state index in [1.165, 1.54) is 19.3 Å². The fourth-order valence-electron chi connectivity index (χ4n) is 2.97. The van der Waals surface area contributed by atoms with Gasteiger partial charge in [0.05, 0.1) is 0 Å². The van der Waals surface area contributed by atoms with E-state index in [1.54, 1.807) is 0 Å². The second kappa shape index (κ2) is 2.72. The topological polar surface area (TPSA) is 17.1 Å². The molecule has 0 amide bonds. The molecule has 1 nitrogen and oxygen atoms in total. The van der Waals surface area contributed by atoms with Crippen LogP contribution in [0.1, 0.15) is 38.5 Å². The molecule has 2 aliphatic rings. The van der Waals surface area contributed by atoms with Crippen LogP contribution in [0.25, 0.3) is 0 Å². The smallest absolute Gasteiger partial charge is 0.133 e. The van der Waals surface area contributed by atoms with Crippen molar-refractivity contribution in [3.8, 4) is 0 Å². The van der Waals surface area contributed by atoms with Gasteiger partial charge in [0.1, 0.15) is 5.78 Å². The number of rotatable bonds is 1. The van der Waals surface area contributed by atoms with E-state index in [1.807, 2.05) is 0 Å². The van der Waals surface area contributed by atoms with Gasteiger partial charge in [0.2, 0.25) is 0 Å². The van der Waals surface area contributed by atoms with E-state index in [9.17, 15) is 4.79 Å². The third kappa shape index (κ3) is 1.03. The number of carbonyl (C=O) groups is 1. The fourth-order valence-corrected chi connectivity index (χ4v) is 2.97. The lowest BCUT2D eigenvalue weighted by Crippen LogP contribution is -2.31. The van der Waals surface area contributed by atoms with E-state index in [2.05, 4.69) is 12.7 Å². The molecule has 0 aromatic rings. The van der Waals surface area contributed by atoms with Gasteiger partial charge in [-0.05, 0) is 30.6 Å². The Labute approximate surface area is 73.8 Å². The Morgan fingerprint density at radius 1 is 1.50 bits per heavy atom. The highest BCUT2D eigenvalue weighted by Gasteiger charge is 2.44. The highest BCUT2D eigenvalue weighted by atomic mass is 16.1. The molecule has 12 heavy (non-hydrogen) atoms. The SMILES string of the molecule is C=CC12CCCC1CCC(=O)C2. The van der Waals surface area contributed by atoms with Crippen LogP contribution in [0.15, 0.2) is 12.7 Å². The number of hydrogen-bond donors (Lipinski definition) is 0. The van der Waals surface area contributed by atoms with E-state index >= 15 is 0 Å². The number of carbonyl (C=O) groups excluding carboxylic acids is 1. The first-order valence-corrected chi connectivity index (χ1v) is 4.92. The Bertz CT molecular complexity index is 219. The standard InChI is InChI=1S/C11H16O/c1-2-11-7-3-4-9(11)5-6-10(12)8-11/h2,9H,1,3-8H2. The van der Waals surface area contributed by atoms with Crippen molar-refractivity contribution in [3.05, 3.63) is 12.7 Å². The Kier molecular flexibility index (Phi) is 1.82. The Morgan fingerprint density at radius 3 is 3.08 bits per heavy atom. The van der Waals surface area contributed by atoms with Crippen LogP contribution in [0, 0.1) is 11.3 Å². The molecule has 2 saturated carbocycles. The van der Waals surface area contributed by atoms with Gasteiger partial charge in [0, 0.05) is 12.8 Å². The molecule has 2 rings (SSSR count). The lowest BCUT2D eigenvalue weighted by Gasteiger charge is -2.35. The third-order valence-electron chi connectivity index (χ3n) is 3.71. The van der Waals surface area contributed by atoms with Crippen LogP contribution in [-0.2, 0) is 4.79 Å². The van der Waals surface area contributed by atoms with Crippen molar-refractivity contribution in [3.63, 3.8) is 0 Å². The normalized spacial score (nSPS) is 41.0. The summed E-state index contributed by atoms with van der Waals surface area (Å²) < 4.78 is 0. The van der Waals surface area contributed by atoms with Crippen molar-refractivity contribution in [2.45, 2.75) is 38.5 Å². The molecule has 0 heterocycles. The lowest BCUT2D eigenvalue weighted by atomic mass is 9.68. The highest BCUT2D eigenvalue weighted by molar-refractivity contribution is 5.80.